The van der Waals surface area contributed by atoms with Crippen LogP contribution < -0.4 is 10.6 Å². The minimum atomic E-state index is -4.85. The second-order valence-electron chi connectivity index (χ2n) is 12.6. The smallest absolute Gasteiger partial charge is 0.416 e. The van der Waals surface area contributed by atoms with Gasteiger partial charge in [0.15, 0.2) is 9.84 Å². The van der Waals surface area contributed by atoms with Crippen molar-refractivity contribution in [2.45, 2.75) is 70.3 Å². The zero-order valence-corrected chi connectivity index (χ0v) is 29.8. The third-order valence-corrected chi connectivity index (χ3v) is 10.1. The highest BCUT2D eigenvalue weighted by Crippen LogP contribution is 2.37. The molecule has 16 heteroatoms. The fraction of sp³-hybridized carbons (Fsp3) is 0.531. The topological polar surface area (TPSA) is 125 Å². The summed E-state index contributed by atoms with van der Waals surface area (Å²) < 4.78 is 73.2. The maximum absolute atomic E-state index is 14.3. The molecule has 0 bridgehead atoms. The molecule has 0 unspecified atom stereocenters. The molecule has 10 nitrogen and oxygen atoms in total. The number of nitrogens with one attached hydrogen (secondary N) is 2. The molecule has 1 aliphatic heterocycles. The average molecular weight is 738 g/mol. The molecule has 0 spiro atoms. The van der Waals surface area contributed by atoms with E-state index in [-0.39, 0.29) is 76.0 Å². The lowest BCUT2D eigenvalue weighted by atomic mass is 9.95. The number of rotatable bonds is 11. The van der Waals surface area contributed by atoms with E-state index in [1.54, 1.807) is 32.7 Å². The van der Waals surface area contributed by atoms with E-state index in [4.69, 9.17) is 27.9 Å². The summed E-state index contributed by atoms with van der Waals surface area (Å²) in [5, 5.41) is 5.21. The first kappa shape index (κ1) is 39.4. The number of halogens is 5. The van der Waals surface area contributed by atoms with E-state index in [0.717, 1.165) is 6.07 Å². The van der Waals surface area contributed by atoms with E-state index in [9.17, 15) is 36.0 Å². The van der Waals surface area contributed by atoms with Crippen LogP contribution in [0.25, 0.3) is 0 Å². The lowest BCUT2D eigenvalue weighted by Gasteiger charge is -2.33. The van der Waals surface area contributed by atoms with Gasteiger partial charge in [0.1, 0.15) is 5.60 Å². The molecule has 2 aromatic rings. The minimum absolute atomic E-state index is 0.0410. The van der Waals surface area contributed by atoms with Crippen LogP contribution in [0.1, 0.15) is 67.6 Å². The Morgan fingerprint density at radius 2 is 1.77 bits per heavy atom. The quantitative estimate of drug-likeness (QED) is 0.293. The number of carbonyl (C=O) groups is 3. The largest absolute Gasteiger partial charge is 0.444 e. The normalized spacial score (nSPS) is 15.9. The van der Waals surface area contributed by atoms with Gasteiger partial charge in [0.05, 0.1) is 22.1 Å². The highest BCUT2D eigenvalue weighted by atomic mass is 35.5. The van der Waals surface area contributed by atoms with E-state index in [1.807, 2.05) is 0 Å². The molecule has 1 atom stereocenters. The summed E-state index contributed by atoms with van der Waals surface area (Å²) in [6.07, 6.45) is -4.28. The van der Waals surface area contributed by atoms with Crippen LogP contribution in [0.4, 0.5) is 18.0 Å². The van der Waals surface area contributed by atoms with E-state index in [1.165, 1.54) is 30.0 Å². The Morgan fingerprint density at radius 1 is 1.08 bits per heavy atom. The van der Waals surface area contributed by atoms with Gasteiger partial charge in [-0.25, -0.2) is 13.2 Å². The number of nitrogens with zero attached hydrogens (tertiary/aromatic N) is 2. The molecule has 1 aliphatic rings. The number of sulfone groups is 1. The van der Waals surface area contributed by atoms with Crippen LogP contribution in [0, 0.1) is 5.92 Å². The molecule has 3 amide bonds. The van der Waals surface area contributed by atoms with Crippen molar-refractivity contribution >= 4 is 50.9 Å². The van der Waals surface area contributed by atoms with Crippen molar-refractivity contribution in [3.05, 3.63) is 62.6 Å². The Balaban J connectivity index is 1.70. The van der Waals surface area contributed by atoms with Gasteiger partial charge in [-0.05, 0) is 81.6 Å². The van der Waals surface area contributed by atoms with Gasteiger partial charge in [-0.2, -0.15) is 13.2 Å². The first-order valence-corrected chi connectivity index (χ1v) is 17.8. The number of amides is 3. The van der Waals surface area contributed by atoms with Crippen molar-refractivity contribution in [3.63, 3.8) is 0 Å². The first-order chi connectivity index (χ1) is 22.2. The van der Waals surface area contributed by atoms with Gasteiger partial charge in [0.2, 0.25) is 5.91 Å². The maximum Gasteiger partial charge on any atom is 0.416 e. The molecule has 2 N–H and O–H groups in total. The number of hydrogen-bond acceptors (Lipinski definition) is 7. The molecule has 1 heterocycles. The highest BCUT2D eigenvalue weighted by Gasteiger charge is 2.37. The summed E-state index contributed by atoms with van der Waals surface area (Å²) in [4.78, 5) is 41.1. The molecule has 0 aromatic heterocycles. The van der Waals surface area contributed by atoms with Crippen LogP contribution in [-0.4, -0.2) is 80.7 Å². The second kappa shape index (κ2) is 16.1. The summed E-state index contributed by atoms with van der Waals surface area (Å²) in [6, 6.07) is 5.94. The third kappa shape index (κ3) is 11.0. The van der Waals surface area contributed by atoms with Gasteiger partial charge in [-0.1, -0.05) is 30.1 Å². The molecule has 1 fully saturated rings. The SMILES string of the molecule is CCS(=O)(=O)c1ccc(Cl)cc1CNC(=O)c1cc(Cl)c(CN2CCC[C@H](C(=O)NCCN(C)C(=O)OC(C)(C)C)C2)c(C(F)(F)F)c1. The number of likely N-dealkylation sites (tertiary alicyclic amines) is 1. The molecule has 48 heavy (non-hydrogen) atoms. The molecule has 1 saturated heterocycles. The lowest BCUT2D eigenvalue weighted by Crippen LogP contribution is -2.45. The number of hydrogen-bond donors (Lipinski definition) is 2. The molecular formula is C32H41Cl2F3N4O6S. The van der Waals surface area contributed by atoms with Crippen LogP contribution in [-0.2, 0) is 38.6 Å². The van der Waals surface area contributed by atoms with Crippen molar-refractivity contribution in [2.75, 3.05) is 39.0 Å². The molecule has 0 aliphatic carbocycles. The van der Waals surface area contributed by atoms with Gasteiger partial charge in [-0.3, -0.25) is 14.5 Å². The van der Waals surface area contributed by atoms with Crippen molar-refractivity contribution in [3.8, 4) is 0 Å². The van der Waals surface area contributed by atoms with Crippen molar-refractivity contribution in [1.82, 2.24) is 20.4 Å². The average Bonchev–Trinajstić information content (AvgIpc) is 2.99. The van der Waals surface area contributed by atoms with Gasteiger partial charge >= 0.3 is 12.3 Å². The number of piperidine rings is 1. The maximum atomic E-state index is 14.3. The van der Waals surface area contributed by atoms with Gasteiger partial charge in [0.25, 0.3) is 5.91 Å². The van der Waals surface area contributed by atoms with Gasteiger partial charge < -0.3 is 20.3 Å². The predicted octanol–water partition coefficient (Wildman–Crippen LogP) is 5.93. The van der Waals surface area contributed by atoms with E-state index in [2.05, 4.69) is 10.6 Å². The lowest BCUT2D eigenvalue weighted by molar-refractivity contribution is -0.138. The van der Waals surface area contributed by atoms with Crippen LogP contribution in [0.15, 0.2) is 35.2 Å². The van der Waals surface area contributed by atoms with Crippen LogP contribution >= 0.6 is 23.2 Å². The molecular weight excluding hydrogens is 696 g/mol. The van der Waals surface area contributed by atoms with Crippen LogP contribution in [0.2, 0.25) is 10.0 Å². The third-order valence-electron chi connectivity index (χ3n) is 7.65. The van der Waals surface area contributed by atoms with E-state index in [0.29, 0.717) is 25.5 Å². The standard InChI is InChI=1S/C32H41Cl2F3N4O6S/c1-6-48(45,46)27-10-9-23(33)14-22(27)17-39-29(43)21-15-25(32(35,36)37)24(26(34)16-21)19-41-12-7-8-20(18-41)28(42)38-11-13-40(5)30(44)47-31(2,3)4/h9-10,14-16,20H,6-8,11-13,17-19H2,1-5H3,(H,38,42)(H,39,43)/t20-/m0/s1. The van der Waals surface area contributed by atoms with Gasteiger partial charge in [-0.15, -0.1) is 0 Å². The second-order valence-corrected chi connectivity index (χ2v) is 15.7. The van der Waals surface area contributed by atoms with Crippen molar-refractivity contribution in [1.29, 1.82) is 0 Å². The summed E-state index contributed by atoms with van der Waals surface area (Å²) in [7, 11) is -2.12. The Hall–Kier alpha value is -3.07. The summed E-state index contributed by atoms with van der Waals surface area (Å²) >= 11 is 12.4. The zero-order valence-electron chi connectivity index (χ0n) is 27.5. The zero-order chi connectivity index (χ0) is 36.0. The van der Waals surface area contributed by atoms with Crippen molar-refractivity contribution < 1.29 is 40.7 Å². The fourth-order valence-corrected chi connectivity index (χ4v) is 6.75. The minimum Gasteiger partial charge on any atom is -0.444 e. The molecule has 0 saturated carbocycles. The molecule has 3 rings (SSSR count). The fourth-order valence-electron chi connectivity index (χ4n) is 5.16. The number of alkyl halides is 3. The van der Waals surface area contributed by atoms with Crippen molar-refractivity contribution in [2.24, 2.45) is 5.92 Å². The van der Waals surface area contributed by atoms with Crippen LogP contribution in [0.5, 0.6) is 0 Å². The van der Waals surface area contributed by atoms with E-state index < -0.39 is 45.1 Å². The molecule has 0 radical (unpaired) electrons. The summed E-state index contributed by atoms with van der Waals surface area (Å²) in [6.45, 7) is 7.19. The monoisotopic (exact) mass is 736 g/mol. The predicted molar refractivity (Wildman–Crippen MR) is 177 cm³/mol. The first-order valence-electron chi connectivity index (χ1n) is 15.3. The van der Waals surface area contributed by atoms with Gasteiger partial charge in [0, 0.05) is 55.4 Å². The Kier molecular flexibility index (Phi) is 13.2. The highest BCUT2D eigenvalue weighted by molar-refractivity contribution is 7.91. The van der Waals surface area contributed by atoms with Crippen LogP contribution in [0.3, 0.4) is 0 Å². The number of likely N-dealkylation sites (N-methyl/N-ethyl adjacent to an activating group) is 1. The molecule has 266 valence electrons. The summed E-state index contributed by atoms with van der Waals surface area (Å²) in [5.41, 5.74) is -2.15. The van der Waals surface area contributed by atoms with E-state index >= 15 is 0 Å². The Morgan fingerprint density at radius 3 is 2.40 bits per heavy atom. The number of ether oxygens (including phenoxy) is 1. The molecule has 2 aromatic carbocycles. The number of carbonyl (C=O) groups excluding carboxylic acids is 3. The Bertz CT molecular complexity index is 1620. The number of benzene rings is 2. The summed E-state index contributed by atoms with van der Waals surface area (Å²) in [5.74, 6) is -1.85. The Labute approximate surface area is 289 Å².